The van der Waals surface area contributed by atoms with Crippen molar-refractivity contribution in [1.29, 1.82) is 0 Å². The molecule has 1 amide bonds. The molecule has 26 heavy (non-hydrogen) atoms. The van der Waals surface area contributed by atoms with Crippen molar-refractivity contribution < 1.29 is 14.1 Å². The van der Waals surface area contributed by atoms with Crippen LogP contribution in [0.25, 0.3) is 0 Å². The van der Waals surface area contributed by atoms with Gasteiger partial charge in [0, 0.05) is 24.9 Å². The molecule has 1 aromatic rings. The molecule has 4 rings (SSSR count). The van der Waals surface area contributed by atoms with Gasteiger partial charge in [-0.05, 0) is 63.5 Å². The van der Waals surface area contributed by atoms with Crippen molar-refractivity contribution in [3.8, 4) is 0 Å². The van der Waals surface area contributed by atoms with Crippen LogP contribution >= 0.6 is 0 Å². The molecule has 1 aromatic carbocycles. The highest BCUT2D eigenvalue weighted by molar-refractivity contribution is 6.62. The second-order valence-electron chi connectivity index (χ2n) is 9.16. The summed E-state index contributed by atoms with van der Waals surface area (Å²) in [6.45, 7) is 12.1. The molecule has 0 bridgehead atoms. The third-order valence-corrected chi connectivity index (χ3v) is 7.15. The average molecular weight is 355 g/mol. The van der Waals surface area contributed by atoms with Crippen LogP contribution in [0.4, 0.5) is 0 Å². The number of nitrogens with zero attached hydrogens (tertiary/aromatic N) is 1. The predicted octanol–water partition coefficient (Wildman–Crippen LogP) is 2.81. The van der Waals surface area contributed by atoms with Gasteiger partial charge in [-0.2, -0.15) is 0 Å². The first kappa shape index (κ1) is 18.1. The van der Waals surface area contributed by atoms with E-state index in [1.807, 2.05) is 6.92 Å². The largest absolute Gasteiger partial charge is 0.495 e. The van der Waals surface area contributed by atoms with Crippen LogP contribution in [0.1, 0.15) is 65.0 Å². The van der Waals surface area contributed by atoms with Crippen LogP contribution in [0.15, 0.2) is 18.2 Å². The maximum Gasteiger partial charge on any atom is 0.495 e. The van der Waals surface area contributed by atoms with E-state index in [0.717, 1.165) is 32.4 Å². The van der Waals surface area contributed by atoms with E-state index < -0.39 is 0 Å². The number of likely N-dealkylation sites (tertiary alicyclic amines) is 1. The van der Waals surface area contributed by atoms with Gasteiger partial charge >= 0.3 is 7.12 Å². The molecule has 1 unspecified atom stereocenters. The lowest BCUT2D eigenvalue weighted by molar-refractivity contribution is -0.130. The molecule has 1 aliphatic carbocycles. The summed E-state index contributed by atoms with van der Waals surface area (Å²) in [7, 11) is -0.306. The summed E-state index contributed by atoms with van der Waals surface area (Å²) in [5, 5.41) is 0. The van der Waals surface area contributed by atoms with E-state index in [1.165, 1.54) is 16.6 Å². The second-order valence-corrected chi connectivity index (χ2v) is 9.16. The third-order valence-electron chi connectivity index (χ3n) is 7.15. The van der Waals surface area contributed by atoms with Crippen molar-refractivity contribution in [3.05, 3.63) is 29.3 Å². The summed E-state index contributed by atoms with van der Waals surface area (Å²) in [6, 6.07) is 6.55. The fourth-order valence-electron chi connectivity index (χ4n) is 4.80. The predicted molar refractivity (Wildman–Crippen MR) is 104 cm³/mol. The standard InChI is InChI=1S/C21H30BNO3/c1-6-18(24)23-13-12-21(14-23)11-10-15-16(21)8-7-9-17(15)22-25-19(2,3)20(4,5)26-22/h7-9H,6,10-14H2,1-5H3. The summed E-state index contributed by atoms with van der Waals surface area (Å²) >= 11 is 0. The molecule has 4 nitrogen and oxygen atoms in total. The summed E-state index contributed by atoms with van der Waals surface area (Å²) < 4.78 is 12.6. The summed E-state index contributed by atoms with van der Waals surface area (Å²) in [6.07, 6.45) is 3.82. The summed E-state index contributed by atoms with van der Waals surface area (Å²) in [4.78, 5) is 14.2. The first-order valence-electron chi connectivity index (χ1n) is 9.95. The highest BCUT2D eigenvalue weighted by atomic mass is 16.7. The summed E-state index contributed by atoms with van der Waals surface area (Å²) in [5.41, 5.74) is 3.45. The minimum Gasteiger partial charge on any atom is -0.399 e. The first-order chi connectivity index (χ1) is 12.2. The van der Waals surface area contributed by atoms with E-state index in [0.29, 0.717) is 6.42 Å². The number of carbonyl (C=O) groups excluding carboxylic acids is 1. The van der Waals surface area contributed by atoms with Gasteiger partial charge in [-0.25, -0.2) is 0 Å². The number of benzene rings is 1. The van der Waals surface area contributed by atoms with Gasteiger partial charge in [-0.3, -0.25) is 4.79 Å². The molecule has 2 heterocycles. The lowest BCUT2D eigenvalue weighted by Crippen LogP contribution is -2.41. The van der Waals surface area contributed by atoms with Crippen LogP contribution < -0.4 is 5.46 Å². The molecule has 0 N–H and O–H groups in total. The number of rotatable bonds is 2. The Hall–Kier alpha value is -1.33. The van der Waals surface area contributed by atoms with Crippen molar-refractivity contribution in [2.75, 3.05) is 13.1 Å². The molecule has 1 atom stereocenters. The molecule has 2 saturated heterocycles. The van der Waals surface area contributed by atoms with Crippen molar-refractivity contribution in [3.63, 3.8) is 0 Å². The van der Waals surface area contributed by atoms with Gasteiger partial charge in [0.2, 0.25) is 5.91 Å². The van der Waals surface area contributed by atoms with E-state index in [2.05, 4.69) is 50.8 Å². The first-order valence-corrected chi connectivity index (χ1v) is 9.95. The average Bonchev–Trinajstić information content (AvgIpc) is 3.24. The zero-order valence-electron chi connectivity index (χ0n) is 16.7. The number of hydrogen-bond donors (Lipinski definition) is 0. The van der Waals surface area contributed by atoms with Crippen LogP contribution in [0.3, 0.4) is 0 Å². The molecule has 3 aliphatic rings. The number of fused-ring (bicyclic) bond motifs is 2. The monoisotopic (exact) mass is 355 g/mol. The fraction of sp³-hybridized carbons (Fsp3) is 0.667. The highest BCUT2D eigenvalue weighted by Gasteiger charge is 2.53. The molecular weight excluding hydrogens is 325 g/mol. The van der Waals surface area contributed by atoms with Gasteiger partial charge in [-0.15, -0.1) is 0 Å². The fourth-order valence-corrected chi connectivity index (χ4v) is 4.80. The zero-order valence-corrected chi connectivity index (χ0v) is 16.7. The lowest BCUT2D eigenvalue weighted by Gasteiger charge is -2.32. The molecular formula is C21H30BNO3. The Balaban J connectivity index is 1.66. The van der Waals surface area contributed by atoms with Crippen molar-refractivity contribution in [2.45, 2.75) is 76.9 Å². The van der Waals surface area contributed by atoms with E-state index in [1.54, 1.807) is 0 Å². The highest BCUT2D eigenvalue weighted by Crippen LogP contribution is 2.46. The van der Waals surface area contributed by atoms with E-state index >= 15 is 0 Å². The SMILES string of the molecule is CCC(=O)N1CCC2(CCc3c(B4OC(C)(C)C(C)(C)O4)cccc32)C1. The Kier molecular flexibility index (Phi) is 4.05. The quantitative estimate of drug-likeness (QED) is 0.766. The van der Waals surface area contributed by atoms with E-state index in [-0.39, 0.29) is 29.6 Å². The Morgan fingerprint density at radius 3 is 2.50 bits per heavy atom. The normalized spacial score (nSPS) is 28.8. The lowest BCUT2D eigenvalue weighted by atomic mass is 9.73. The van der Waals surface area contributed by atoms with E-state index in [9.17, 15) is 4.79 Å². The minimum atomic E-state index is -0.325. The third kappa shape index (κ3) is 2.55. The zero-order chi connectivity index (χ0) is 18.7. The molecule has 0 saturated carbocycles. The molecule has 2 fully saturated rings. The molecule has 5 heteroatoms. The van der Waals surface area contributed by atoms with Gasteiger partial charge in [0.05, 0.1) is 11.2 Å². The Morgan fingerprint density at radius 2 is 1.85 bits per heavy atom. The van der Waals surface area contributed by atoms with Gasteiger partial charge in [0.25, 0.3) is 0 Å². The maximum absolute atomic E-state index is 12.2. The number of amides is 1. The van der Waals surface area contributed by atoms with Gasteiger partial charge < -0.3 is 14.2 Å². The van der Waals surface area contributed by atoms with Crippen molar-refractivity contribution >= 4 is 18.5 Å². The molecule has 140 valence electrons. The number of carbonyl (C=O) groups is 1. The second kappa shape index (κ2) is 5.83. The number of hydrogen-bond acceptors (Lipinski definition) is 3. The molecule has 0 aromatic heterocycles. The van der Waals surface area contributed by atoms with Crippen LogP contribution in [-0.2, 0) is 25.9 Å². The van der Waals surface area contributed by atoms with Crippen LogP contribution in [0.2, 0.25) is 0 Å². The minimum absolute atomic E-state index is 0.125. The Labute approximate surface area is 157 Å². The maximum atomic E-state index is 12.2. The van der Waals surface area contributed by atoms with Crippen LogP contribution in [-0.4, -0.2) is 42.2 Å². The van der Waals surface area contributed by atoms with Gasteiger partial charge in [-0.1, -0.05) is 25.1 Å². The smallest absolute Gasteiger partial charge is 0.399 e. The van der Waals surface area contributed by atoms with Crippen molar-refractivity contribution in [1.82, 2.24) is 4.90 Å². The summed E-state index contributed by atoms with van der Waals surface area (Å²) in [5.74, 6) is 0.275. The molecule has 1 spiro atoms. The molecule has 2 aliphatic heterocycles. The topological polar surface area (TPSA) is 38.8 Å². The Bertz CT molecular complexity index is 729. The van der Waals surface area contributed by atoms with Gasteiger partial charge in [0.1, 0.15) is 0 Å². The molecule has 0 radical (unpaired) electrons. The van der Waals surface area contributed by atoms with Crippen LogP contribution in [0.5, 0.6) is 0 Å². The Morgan fingerprint density at radius 1 is 1.15 bits per heavy atom. The van der Waals surface area contributed by atoms with Crippen LogP contribution in [0, 0.1) is 0 Å². The van der Waals surface area contributed by atoms with Gasteiger partial charge in [0.15, 0.2) is 0 Å². The van der Waals surface area contributed by atoms with Crippen molar-refractivity contribution in [2.24, 2.45) is 0 Å². The van der Waals surface area contributed by atoms with E-state index in [4.69, 9.17) is 9.31 Å².